The Morgan fingerprint density at radius 3 is 1.86 bits per heavy atom. The first-order valence-electron chi connectivity index (χ1n) is 18.1. The summed E-state index contributed by atoms with van der Waals surface area (Å²) in [6.45, 7) is 16.0. The first-order valence-corrected chi connectivity index (χ1v) is 18.1. The number of aryl methyl sites for hydroxylation is 1. The number of nitrogens with zero attached hydrogens (tertiary/aromatic N) is 2. The van der Waals surface area contributed by atoms with E-state index < -0.39 is 0 Å². The summed E-state index contributed by atoms with van der Waals surface area (Å²) in [5.74, 6) is 0.806. The Kier molecular flexibility index (Phi) is 8.84. The van der Waals surface area contributed by atoms with Crippen LogP contribution in [0.4, 0.5) is 22.7 Å². The molecule has 0 saturated heterocycles. The zero-order chi connectivity index (χ0) is 34.3. The number of anilines is 4. The van der Waals surface area contributed by atoms with E-state index in [1.807, 2.05) is 0 Å². The van der Waals surface area contributed by atoms with Gasteiger partial charge in [0.1, 0.15) is 0 Å². The molecule has 0 saturated carbocycles. The Morgan fingerprint density at radius 2 is 1.29 bits per heavy atom. The second-order valence-corrected chi connectivity index (χ2v) is 15.3. The van der Waals surface area contributed by atoms with E-state index in [9.17, 15) is 0 Å². The number of para-hydroxylation sites is 1. The highest BCUT2D eigenvalue weighted by atomic mass is 15.2. The molecule has 2 heteroatoms. The van der Waals surface area contributed by atoms with Crippen LogP contribution in [0.5, 0.6) is 0 Å². The van der Waals surface area contributed by atoms with Crippen molar-refractivity contribution in [2.24, 2.45) is 5.41 Å². The number of rotatable bonds is 8. The molecule has 248 valence electrons. The van der Waals surface area contributed by atoms with Gasteiger partial charge in [0.2, 0.25) is 0 Å². The Labute approximate surface area is 293 Å². The highest BCUT2D eigenvalue weighted by Gasteiger charge is 2.30. The Bertz CT molecular complexity index is 2110. The van der Waals surface area contributed by atoms with Crippen LogP contribution in [0.2, 0.25) is 0 Å². The van der Waals surface area contributed by atoms with Gasteiger partial charge in [0.05, 0.1) is 17.4 Å². The SMILES string of the molecule is Cc1ccc(N(c2ccccc2)c2c3cc(C(C)C)ccc3c(N(C3=CCC(C)(C)C=C3)C3C=CC=CC3)c3cc(C(C)C)ccc23)cc1. The molecule has 2 nitrogen and oxygen atoms in total. The van der Waals surface area contributed by atoms with E-state index >= 15 is 0 Å². The predicted octanol–water partition coefficient (Wildman–Crippen LogP) is 13.6. The largest absolute Gasteiger partial charge is 0.333 e. The van der Waals surface area contributed by atoms with E-state index in [0.717, 1.165) is 24.2 Å². The van der Waals surface area contributed by atoms with Crippen molar-refractivity contribution < 1.29 is 0 Å². The first kappa shape index (κ1) is 32.7. The van der Waals surface area contributed by atoms with Gasteiger partial charge in [-0.2, -0.15) is 0 Å². The van der Waals surface area contributed by atoms with Gasteiger partial charge in [-0.15, -0.1) is 0 Å². The molecule has 0 heterocycles. The Morgan fingerprint density at radius 1 is 0.673 bits per heavy atom. The van der Waals surface area contributed by atoms with Gasteiger partial charge in [-0.1, -0.05) is 138 Å². The number of benzene rings is 5. The molecule has 0 radical (unpaired) electrons. The van der Waals surface area contributed by atoms with E-state index in [2.05, 4.69) is 192 Å². The van der Waals surface area contributed by atoms with Crippen molar-refractivity contribution in [2.75, 3.05) is 9.80 Å². The van der Waals surface area contributed by atoms with Crippen LogP contribution in [-0.4, -0.2) is 6.04 Å². The van der Waals surface area contributed by atoms with Crippen LogP contribution in [0.25, 0.3) is 21.5 Å². The second kappa shape index (κ2) is 13.2. The normalized spacial score (nSPS) is 16.9. The lowest BCUT2D eigenvalue weighted by Gasteiger charge is -2.38. The van der Waals surface area contributed by atoms with Crippen molar-refractivity contribution in [1.29, 1.82) is 0 Å². The molecule has 5 aromatic carbocycles. The third-order valence-electron chi connectivity index (χ3n) is 10.3. The van der Waals surface area contributed by atoms with Crippen LogP contribution in [0, 0.1) is 12.3 Å². The Hall–Kier alpha value is -4.82. The summed E-state index contributed by atoms with van der Waals surface area (Å²) in [5.41, 5.74) is 10.2. The van der Waals surface area contributed by atoms with Gasteiger partial charge in [0.25, 0.3) is 0 Å². The topological polar surface area (TPSA) is 6.48 Å². The van der Waals surface area contributed by atoms with E-state index in [4.69, 9.17) is 0 Å². The molecule has 0 fully saturated rings. The molecule has 0 N–H and O–H groups in total. The van der Waals surface area contributed by atoms with Crippen molar-refractivity contribution in [2.45, 2.75) is 79.2 Å². The minimum Gasteiger partial charge on any atom is -0.333 e. The molecule has 5 aromatic rings. The molecule has 49 heavy (non-hydrogen) atoms. The number of fused-ring (bicyclic) bond motifs is 2. The summed E-state index contributed by atoms with van der Waals surface area (Å²) in [5, 5.41) is 5.11. The highest BCUT2D eigenvalue weighted by Crippen LogP contribution is 2.51. The average molecular weight is 643 g/mol. The fourth-order valence-electron chi connectivity index (χ4n) is 7.35. The van der Waals surface area contributed by atoms with E-state index in [-0.39, 0.29) is 11.5 Å². The lowest BCUT2D eigenvalue weighted by Crippen LogP contribution is -2.34. The minimum atomic E-state index is 0.146. The zero-order valence-corrected chi connectivity index (χ0v) is 30.2. The van der Waals surface area contributed by atoms with Crippen molar-refractivity contribution in [1.82, 2.24) is 0 Å². The fourth-order valence-corrected chi connectivity index (χ4v) is 7.35. The van der Waals surface area contributed by atoms with Crippen molar-refractivity contribution in [3.63, 3.8) is 0 Å². The van der Waals surface area contributed by atoms with Gasteiger partial charge in [0, 0.05) is 38.6 Å². The van der Waals surface area contributed by atoms with Gasteiger partial charge in [-0.3, -0.25) is 0 Å². The molecular formula is C47H50N2. The summed E-state index contributed by atoms with van der Waals surface area (Å²) in [6, 6.07) is 34.6. The smallest absolute Gasteiger partial charge is 0.0620 e. The lowest BCUT2D eigenvalue weighted by molar-refractivity contribution is 0.480. The van der Waals surface area contributed by atoms with Gasteiger partial charge < -0.3 is 9.80 Å². The quantitative estimate of drug-likeness (QED) is 0.123. The van der Waals surface area contributed by atoms with Crippen LogP contribution >= 0.6 is 0 Å². The molecule has 0 bridgehead atoms. The molecule has 2 aliphatic carbocycles. The van der Waals surface area contributed by atoms with Crippen molar-refractivity contribution >= 4 is 44.3 Å². The standard InChI is InChI=1S/C47H50N2/c1-32(2)35-21-25-42-43(30-35)45(48(37-14-10-8-11-15-37)39-22-18-34(5)19-23-39)41-24-20-36(33(3)4)31-44(41)46(42)49(38-16-12-9-13-17-38)40-26-28-47(6,7)29-27-40/h8-16,18-28,30-33,38H,17,29H2,1-7H3. The third-order valence-corrected chi connectivity index (χ3v) is 10.3. The van der Waals surface area contributed by atoms with Crippen molar-refractivity contribution in [3.05, 3.63) is 156 Å². The second-order valence-electron chi connectivity index (χ2n) is 15.3. The molecule has 1 atom stereocenters. The minimum absolute atomic E-state index is 0.146. The van der Waals surface area contributed by atoms with Gasteiger partial charge in [0.15, 0.2) is 0 Å². The lowest BCUT2D eigenvalue weighted by atomic mass is 9.84. The van der Waals surface area contributed by atoms with Crippen molar-refractivity contribution in [3.8, 4) is 0 Å². The Balaban J connectivity index is 1.64. The summed E-state index contributed by atoms with van der Waals surface area (Å²) in [4.78, 5) is 5.14. The number of allylic oxidation sites excluding steroid dienone is 5. The third kappa shape index (κ3) is 6.37. The van der Waals surface area contributed by atoms with Gasteiger partial charge in [-0.25, -0.2) is 0 Å². The number of hydrogen-bond donors (Lipinski definition) is 0. The predicted molar refractivity (Wildman–Crippen MR) is 214 cm³/mol. The first-order chi connectivity index (χ1) is 23.6. The van der Waals surface area contributed by atoms with Crippen LogP contribution in [0.3, 0.4) is 0 Å². The van der Waals surface area contributed by atoms with Gasteiger partial charge >= 0.3 is 0 Å². The summed E-state index contributed by atoms with van der Waals surface area (Å²) in [6.07, 6.45) is 18.3. The maximum Gasteiger partial charge on any atom is 0.0620 e. The number of hydrogen-bond acceptors (Lipinski definition) is 2. The van der Waals surface area contributed by atoms with Gasteiger partial charge in [-0.05, 0) is 90.6 Å². The molecule has 1 unspecified atom stereocenters. The molecule has 0 aliphatic heterocycles. The summed E-state index contributed by atoms with van der Waals surface area (Å²) in [7, 11) is 0. The molecule has 0 amide bonds. The van der Waals surface area contributed by atoms with Crippen LogP contribution in [0.15, 0.2) is 139 Å². The highest BCUT2D eigenvalue weighted by molar-refractivity contribution is 6.22. The van der Waals surface area contributed by atoms with E-state index in [1.165, 1.54) is 55.3 Å². The monoisotopic (exact) mass is 642 g/mol. The molecule has 0 aromatic heterocycles. The molecule has 7 rings (SSSR count). The fraction of sp³-hybridized carbons (Fsp3) is 0.277. The summed E-state index contributed by atoms with van der Waals surface area (Å²) < 4.78 is 0. The van der Waals surface area contributed by atoms with E-state index in [1.54, 1.807) is 0 Å². The van der Waals surface area contributed by atoms with Crippen LogP contribution in [0.1, 0.15) is 82.9 Å². The summed E-state index contributed by atoms with van der Waals surface area (Å²) >= 11 is 0. The average Bonchev–Trinajstić information content (AvgIpc) is 3.11. The molecular weight excluding hydrogens is 593 g/mol. The molecule has 0 spiro atoms. The van der Waals surface area contributed by atoms with Crippen LogP contribution < -0.4 is 9.80 Å². The van der Waals surface area contributed by atoms with E-state index in [0.29, 0.717) is 11.8 Å². The maximum atomic E-state index is 2.65. The zero-order valence-electron chi connectivity index (χ0n) is 30.2. The molecule has 2 aliphatic rings. The maximum absolute atomic E-state index is 2.65. The van der Waals surface area contributed by atoms with Crippen LogP contribution in [-0.2, 0) is 0 Å².